The molecule has 6 heterocycles. The van der Waals surface area contributed by atoms with Gasteiger partial charge >= 0.3 is 0 Å². The van der Waals surface area contributed by atoms with E-state index in [0.29, 0.717) is 58.9 Å². The molecule has 3 aliphatic heterocycles. The van der Waals surface area contributed by atoms with Gasteiger partial charge in [0.05, 0.1) is 32.0 Å². The van der Waals surface area contributed by atoms with E-state index < -0.39 is 5.82 Å². The average molecular weight is 569 g/mol. The fraction of sp³-hybridized carbons (Fsp3) is 0.407. The van der Waals surface area contributed by atoms with Crippen molar-refractivity contribution in [1.82, 2.24) is 34.3 Å². The third kappa shape index (κ3) is 5.11. The minimum absolute atomic E-state index is 0. The number of nitrogens with zero attached hydrogens (tertiary/aromatic N) is 7. The number of hydrogen-bond donors (Lipinski definition) is 1. The van der Waals surface area contributed by atoms with Crippen LogP contribution in [0.25, 0.3) is 22.6 Å². The molecule has 206 valence electrons. The van der Waals surface area contributed by atoms with Gasteiger partial charge in [0, 0.05) is 43.5 Å². The van der Waals surface area contributed by atoms with Gasteiger partial charge in [0.15, 0.2) is 17.0 Å². The summed E-state index contributed by atoms with van der Waals surface area (Å²) in [5.74, 6) is 1.02. The molecule has 3 aliphatic rings. The van der Waals surface area contributed by atoms with Gasteiger partial charge in [0.1, 0.15) is 17.5 Å². The summed E-state index contributed by atoms with van der Waals surface area (Å²) in [5, 5.41) is 0. The van der Waals surface area contributed by atoms with Gasteiger partial charge in [-0.15, -0.1) is 0 Å². The number of nitrogen functional groups attached to an aromatic ring is 1. The number of anilines is 1. The molecule has 2 N–H and O–H groups in total. The van der Waals surface area contributed by atoms with E-state index in [0.717, 1.165) is 38.4 Å². The number of benzene rings is 1. The summed E-state index contributed by atoms with van der Waals surface area (Å²) < 4.78 is 21.4. The topological polar surface area (TPSA) is 98.2 Å². The molecule has 3 saturated heterocycles. The molecule has 2 atom stereocenters. The Morgan fingerprint density at radius 3 is 2.33 bits per heavy atom. The summed E-state index contributed by atoms with van der Waals surface area (Å²) in [5.41, 5.74) is 10.3. The van der Waals surface area contributed by atoms with E-state index >= 15 is 0 Å². The molecule has 39 heavy (non-hydrogen) atoms. The molecule has 4 aromatic rings. The van der Waals surface area contributed by atoms with E-state index in [4.69, 9.17) is 10.5 Å². The molecule has 3 aromatic heterocycles. The van der Waals surface area contributed by atoms with E-state index in [1.54, 1.807) is 13.1 Å². The van der Waals surface area contributed by atoms with Gasteiger partial charge in [-0.25, -0.2) is 19.3 Å². The molecule has 7 rings (SSSR count). The van der Waals surface area contributed by atoms with Gasteiger partial charge < -0.3 is 15.0 Å². The van der Waals surface area contributed by atoms with Crippen LogP contribution in [0.1, 0.15) is 23.4 Å². The van der Waals surface area contributed by atoms with Crippen molar-refractivity contribution in [3.8, 4) is 11.4 Å². The van der Waals surface area contributed by atoms with Crippen LogP contribution in [0.4, 0.5) is 10.2 Å². The standard InChI is InChI=1S/C27H29FN8O.2H2S/c1-16-31-25(29)24-27(32-16)36(26(33-24)19-6-20(28)9-30-8-19)11-18-4-2-17(3-5-18)10-34-12-22-7-21(34)13-35(22)23-14-37-15-23;;/h2-6,8-9,21-23H,7,10-15H2,1H3,(H2,29,31,32);2*1H2/t21-,22-;;/m0../s1. The number of likely N-dealkylation sites (tertiary alicyclic amines) is 2. The molecule has 2 bridgehead atoms. The molecular formula is C27H33FN8OS2. The zero-order chi connectivity index (χ0) is 25.1. The summed E-state index contributed by atoms with van der Waals surface area (Å²) in [7, 11) is 0. The Bertz CT molecular complexity index is 1480. The van der Waals surface area contributed by atoms with Crippen molar-refractivity contribution in [1.29, 1.82) is 0 Å². The van der Waals surface area contributed by atoms with Crippen LogP contribution in [0, 0.1) is 12.7 Å². The highest BCUT2D eigenvalue weighted by Crippen LogP contribution is 2.35. The normalized spacial score (nSPS) is 21.1. The first kappa shape index (κ1) is 27.8. The molecule has 0 saturated carbocycles. The summed E-state index contributed by atoms with van der Waals surface area (Å²) >= 11 is 0. The Morgan fingerprint density at radius 1 is 0.949 bits per heavy atom. The number of hydrogen-bond acceptors (Lipinski definition) is 8. The highest BCUT2D eigenvalue weighted by molar-refractivity contribution is 7.59. The van der Waals surface area contributed by atoms with Crippen LogP contribution in [0.3, 0.4) is 0 Å². The first-order chi connectivity index (χ1) is 18.0. The Balaban J connectivity index is 0.00000154. The fourth-order valence-corrected chi connectivity index (χ4v) is 6.04. The highest BCUT2D eigenvalue weighted by Gasteiger charge is 2.46. The number of aromatic nitrogens is 5. The highest BCUT2D eigenvalue weighted by atomic mass is 32.1. The van der Waals surface area contributed by atoms with E-state index in [1.807, 2.05) is 4.57 Å². The summed E-state index contributed by atoms with van der Waals surface area (Å²) in [4.78, 5) is 22.8. The predicted octanol–water partition coefficient (Wildman–Crippen LogP) is 2.85. The van der Waals surface area contributed by atoms with Crippen LogP contribution in [-0.4, -0.2) is 78.7 Å². The van der Waals surface area contributed by atoms with Gasteiger partial charge in [-0.3, -0.25) is 14.8 Å². The number of piperazine rings is 1. The summed E-state index contributed by atoms with van der Waals surface area (Å²) in [6.07, 6.45) is 4.05. The lowest BCUT2D eigenvalue weighted by Gasteiger charge is -2.42. The number of nitrogens with two attached hydrogens (primary N) is 1. The molecule has 1 aromatic carbocycles. The minimum atomic E-state index is -0.421. The molecule has 0 radical (unpaired) electrons. The smallest absolute Gasteiger partial charge is 0.166 e. The van der Waals surface area contributed by atoms with Gasteiger partial charge in [-0.1, -0.05) is 24.3 Å². The molecule has 0 aliphatic carbocycles. The van der Waals surface area contributed by atoms with Crippen LogP contribution >= 0.6 is 27.0 Å². The number of halogens is 1. The number of aryl methyl sites for hydroxylation is 1. The first-order valence-corrected chi connectivity index (χ1v) is 12.8. The number of imidazole rings is 1. The van der Waals surface area contributed by atoms with Crippen LogP contribution in [0.5, 0.6) is 0 Å². The SMILES string of the molecule is Cc1nc(N)c2nc(-c3cncc(F)c3)n(Cc3ccc(CN4C[C@@H]5C[C@H]4CN5C4COC4)cc3)c2n1.S.S. The Morgan fingerprint density at radius 2 is 1.69 bits per heavy atom. The van der Waals surface area contributed by atoms with Crippen LogP contribution in [0.2, 0.25) is 0 Å². The monoisotopic (exact) mass is 568 g/mol. The van der Waals surface area contributed by atoms with Gasteiger partial charge in [0.2, 0.25) is 0 Å². The second-order valence-corrected chi connectivity index (χ2v) is 10.4. The third-order valence-corrected chi connectivity index (χ3v) is 7.93. The maximum atomic E-state index is 14.0. The van der Waals surface area contributed by atoms with Crippen molar-refractivity contribution in [2.24, 2.45) is 0 Å². The van der Waals surface area contributed by atoms with Crippen LogP contribution in [-0.2, 0) is 17.8 Å². The second-order valence-electron chi connectivity index (χ2n) is 10.4. The van der Waals surface area contributed by atoms with Crippen molar-refractivity contribution in [2.75, 3.05) is 32.0 Å². The number of fused-ring (bicyclic) bond motifs is 3. The molecule has 0 unspecified atom stereocenters. The fourth-order valence-electron chi connectivity index (χ4n) is 6.04. The third-order valence-electron chi connectivity index (χ3n) is 7.93. The zero-order valence-corrected chi connectivity index (χ0v) is 23.7. The largest absolute Gasteiger partial charge is 0.382 e. The molecular weight excluding hydrogens is 535 g/mol. The van der Waals surface area contributed by atoms with Gasteiger partial charge in [0.25, 0.3) is 0 Å². The van der Waals surface area contributed by atoms with E-state index in [9.17, 15) is 4.39 Å². The quantitative estimate of drug-likeness (QED) is 0.379. The maximum absolute atomic E-state index is 14.0. The van der Waals surface area contributed by atoms with Crippen molar-refractivity contribution in [3.63, 3.8) is 0 Å². The lowest BCUT2D eigenvalue weighted by Crippen LogP contribution is -2.56. The van der Waals surface area contributed by atoms with Gasteiger partial charge in [-0.2, -0.15) is 27.0 Å². The lowest BCUT2D eigenvalue weighted by atomic mass is 10.1. The maximum Gasteiger partial charge on any atom is 0.166 e. The minimum Gasteiger partial charge on any atom is -0.382 e. The summed E-state index contributed by atoms with van der Waals surface area (Å²) in [6, 6.07) is 12.1. The second kappa shape index (κ2) is 11.0. The van der Waals surface area contributed by atoms with Crippen LogP contribution in [0.15, 0.2) is 42.7 Å². The van der Waals surface area contributed by atoms with Crippen molar-refractivity contribution < 1.29 is 9.13 Å². The number of pyridine rings is 1. The Kier molecular flexibility index (Phi) is 7.84. The van der Waals surface area contributed by atoms with E-state index in [-0.39, 0.29) is 27.0 Å². The van der Waals surface area contributed by atoms with Crippen LogP contribution < -0.4 is 5.73 Å². The molecule has 9 nitrogen and oxygen atoms in total. The van der Waals surface area contributed by atoms with Crippen molar-refractivity contribution >= 4 is 44.0 Å². The van der Waals surface area contributed by atoms with Gasteiger partial charge in [-0.05, 0) is 30.5 Å². The van der Waals surface area contributed by atoms with E-state index in [2.05, 4.69) is 54.0 Å². The number of ether oxygens (including phenoxy) is 1. The molecule has 12 heteroatoms. The van der Waals surface area contributed by atoms with Crippen molar-refractivity contribution in [3.05, 3.63) is 65.5 Å². The molecule has 0 amide bonds. The first-order valence-electron chi connectivity index (χ1n) is 12.8. The predicted molar refractivity (Wildman–Crippen MR) is 158 cm³/mol. The zero-order valence-electron chi connectivity index (χ0n) is 21.7. The van der Waals surface area contributed by atoms with Crippen molar-refractivity contribution in [2.45, 2.75) is 44.6 Å². The number of rotatable bonds is 6. The Labute approximate surface area is 240 Å². The van der Waals surface area contributed by atoms with E-state index in [1.165, 1.54) is 24.2 Å². The summed E-state index contributed by atoms with van der Waals surface area (Å²) in [6.45, 7) is 7.37. The molecule has 0 spiro atoms. The Hall–Kier alpha value is -2.77. The lowest BCUT2D eigenvalue weighted by molar-refractivity contribution is -0.0804. The molecule has 3 fully saturated rings. The average Bonchev–Trinajstić information content (AvgIpc) is 3.53.